The van der Waals surface area contributed by atoms with Crippen LogP contribution in [-0.4, -0.2) is 35.4 Å². The Bertz CT molecular complexity index is 726. The van der Waals surface area contributed by atoms with Crippen LogP contribution in [0.5, 0.6) is 0 Å². The lowest BCUT2D eigenvalue weighted by molar-refractivity contribution is 0.0918. The van der Waals surface area contributed by atoms with E-state index in [1.54, 1.807) is 0 Å². The maximum Gasteiger partial charge on any atom is 0.271 e. The van der Waals surface area contributed by atoms with E-state index in [9.17, 15) is 9.59 Å². The molecule has 1 amide bonds. The largest absolute Gasteiger partial charge is 0.381 e. The molecule has 0 aliphatic rings. The van der Waals surface area contributed by atoms with Gasteiger partial charge in [-0.1, -0.05) is 44.2 Å². The number of nitrogens with zero attached hydrogens (tertiary/aromatic N) is 2. The summed E-state index contributed by atoms with van der Waals surface area (Å²) in [5.41, 5.74) is 0.957. The molecule has 134 valence electrons. The molecule has 1 aromatic heterocycles. The Labute approximate surface area is 147 Å². The molecule has 0 saturated heterocycles. The molecule has 6 nitrogen and oxygen atoms in total. The highest BCUT2D eigenvalue weighted by Gasteiger charge is 2.09. The normalized spacial score (nSPS) is 10.8. The van der Waals surface area contributed by atoms with E-state index < -0.39 is 0 Å². The fourth-order valence-corrected chi connectivity index (χ4v) is 2.23. The number of aromatic nitrogens is 2. The molecule has 2 aromatic rings. The molecule has 0 aliphatic heterocycles. The summed E-state index contributed by atoms with van der Waals surface area (Å²) in [5.74, 6) is 0.218. The SMILES string of the molecule is CC(C)COCCCNC(=O)c1ccc(=O)n(Cc2ccccc2)n1. The van der Waals surface area contributed by atoms with Gasteiger partial charge in [-0.05, 0) is 24.0 Å². The maximum absolute atomic E-state index is 12.2. The summed E-state index contributed by atoms with van der Waals surface area (Å²) in [7, 11) is 0. The highest BCUT2D eigenvalue weighted by Crippen LogP contribution is 2.00. The summed E-state index contributed by atoms with van der Waals surface area (Å²) >= 11 is 0. The third-order valence-electron chi connectivity index (χ3n) is 3.48. The second-order valence-corrected chi connectivity index (χ2v) is 6.28. The molecular weight excluding hydrogens is 318 g/mol. The van der Waals surface area contributed by atoms with Crippen molar-refractivity contribution in [3.05, 3.63) is 64.1 Å². The molecule has 0 atom stereocenters. The number of nitrogens with one attached hydrogen (secondary N) is 1. The van der Waals surface area contributed by atoms with Crippen LogP contribution in [0.2, 0.25) is 0 Å². The monoisotopic (exact) mass is 343 g/mol. The summed E-state index contributed by atoms with van der Waals surface area (Å²) in [6.07, 6.45) is 0.738. The topological polar surface area (TPSA) is 73.2 Å². The van der Waals surface area contributed by atoms with Crippen LogP contribution < -0.4 is 10.9 Å². The molecule has 25 heavy (non-hydrogen) atoms. The molecule has 0 spiro atoms. The first-order chi connectivity index (χ1) is 12.1. The number of benzene rings is 1. The minimum Gasteiger partial charge on any atom is -0.381 e. The Kier molecular flexibility index (Phi) is 7.35. The quantitative estimate of drug-likeness (QED) is 0.708. The number of amides is 1. The minimum atomic E-state index is -0.286. The van der Waals surface area contributed by atoms with Gasteiger partial charge in [-0.2, -0.15) is 5.10 Å². The average molecular weight is 343 g/mol. The molecular formula is C19H25N3O3. The van der Waals surface area contributed by atoms with Crippen molar-refractivity contribution < 1.29 is 9.53 Å². The number of ether oxygens (including phenoxy) is 1. The van der Waals surface area contributed by atoms with Crippen LogP contribution in [0.3, 0.4) is 0 Å². The fourth-order valence-electron chi connectivity index (χ4n) is 2.23. The van der Waals surface area contributed by atoms with Crippen molar-refractivity contribution in [2.75, 3.05) is 19.8 Å². The lowest BCUT2D eigenvalue weighted by Crippen LogP contribution is -2.30. The number of hydrogen-bond donors (Lipinski definition) is 1. The van der Waals surface area contributed by atoms with Crippen LogP contribution in [0.1, 0.15) is 36.3 Å². The summed E-state index contributed by atoms with van der Waals surface area (Å²) in [5, 5.41) is 6.97. The van der Waals surface area contributed by atoms with Gasteiger partial charge in [0.25, 0.3) is 11.5 Å². The van der Waals surface area contributed by atoms with Crippen LogP contribution in [0.25, 0.3) is 0 Å². The highest BCUT2D eigenvalue weighted by molar-refractivity contribution is 5.91. The molecule has 1 aromatic carbocycles. The second-order valence-electron chi connectivity index (χ2n) is 6.28. The summed E-state index contributed by atoms with van der Waals surface area (Å²) in [4.78, 5) is 24.1. The van der Waals surface area contributed by atoms with Crippen LogP contribution in [-0.2, 0) is 11.3 Å². The van der Waals surface area contributed by atoms with Gasteiger partial charge in [0.05, 0.1) is 6.54 Å². The molecule has 0 fully saturated rings. The molecule has 0 radical (unpaired) electrons. The van der Waals surface area contributed by atoms with Crippen LogP contribution in [0.4, 0.5) is 0 Å². The van der Waals surface area contributed by atoms with Gasteiger partial charge in [-0.25, -0.2) is 4.68 Å². The van der Waals surface area contributed by atoms with E-state index in [-0.39, 0.29) is 17.2 Å². The third-order valence-corrected chi connectivity index (χ3v) is 3.48. The predicted octanol–water partition coefficient (Wildman–Crippen LogP) is 2.08. The molecule has 0 bridgehead atoms. The van der Waals surface area contributed by atoms with Gasteiger partial charge >= 0.3 is 0 Å². The Morgan fingerprint density at radius 1 is 1.20 bits per heavy atom. The number of hydrogen-bond acceptors (Lipinski definition) is 4. The average Bonchev–Trinajstić information content (AvgIpc) is 2.60. The Hall–Kier alpha value is -2.47. The number of carbonyl (C=O) groups is 1. The van der Waals surface area contributed by atoms with Crippen LogP contribution in [0, 0.1) is 5.92 Å². The van der Waals surface area contributed by atoms with Gasteiger partial charge < -0.3 is 10.1 Å². The molecule has 0 saturated carbocycles. The van der Waals surface area contributed by atoms with Gasteiger partial charge in [0.15, 0.2) is 0 Å². The Morgan fingerprint density at radius 2 is 1.96 bits per heavy atom. The molecule has 2 rings (SSSR count). The van der Waals surface area contributed by atoms with Crippen molar-refractivity contribution in [2.24, 2.45) is 5.92 Å². The number of rotatable bonds is 9. The maximum atomic E-state index is 12.2. The fraction of sp³-hybridized carbons (Fsp3) is 0.421. The van der Waals surface area contributed by atoms with E-state index in [1.807, 2.05) is 30.3 Å². The van der Waals surface area contributed by atoms with E-state index >= 15 is 0 Å². The summed E-state index contributed by atoms with van der Waals surface area (Å²) < 4.78 is 6.77. The highest BCUT2D eigenvalue weighted by atomic mass is 16.5. The minimum absolute atomic E-state index is 0.234. The standard InChI is InChI=1S/C19H25N3O3/c1-15(2)14-25-12-6-11-20-19(24)17-9-10-18(23)22(21-17)13-16-7-4-3-5-8-16/h3-5,7-10,15H,6,11-14H2,1-2H3,(H,20,24). The van der Waals surface area contributed by atoms with Crippen molar-refractivity contribution in [3.63, 3.8) is 0 Å². The summed E-state index contributed by atoms with van der Waals surface area (Å²) in [6, 6.07) is 12.4. The lowest BCUT2D eigenvalue weighted by Gasteiger charge is -2.09. The van der Waals surface area contributed by atoms with Crippen molar-refractivity contribution in [3.8, 4) is 0 Å². The smallest absolute Gasteiger partial charge is 0.271 e. The van der Waals surface area contributed by atoms with Gasteiger partial charge in [0, 0.05) is 25.8 Å². The van der Waals surface area contributed by atoms with Gasteiger partial charge in [-0.15, -0.1) is 0 Å². The van der Waals surface area contributed by atoms with Crippen molar-refractivity contribution >= 4 is 5.91 Å². The van der Waals surface area contributed by atoms with Gasteiger partial charge in [0.1, 0.15) is 5.69 Å². The van der Waals surface area contributed by atoms with E-state index in [0.717, 1.165) is 18.6 Å². The zero-order valence-corrected chi connectivity index (χ0v) is 14.8. The van der Waals surface area contributed by atoms with Crippen LogP contribution in [0.15, 0.2) is 47.3 Å². The van der Waals surface area contributed by atoms with Crippen LogP contribution >= 0.6 is 0 Å². The van der Waals surface area contributed by atoms with Gasteiger partial charge in [-0.3, -0.25) is 9.59 Å². The zero-order chi connectivity index (χ0) is 18.1. The third kappa shape index (κ3) is 6.51. The Balaban J connectivity index is 1.88. The van der Waals surface area contributed by atoms with E-state index in [4.69, 9.17) is 4.74 Å². The predicted molar refractivity (Wildman–Crippen MR) is 96.6 cm³/mol. The molecule has 1 N–H and O–H groups in total. The molecule has 6 heteroatoms. The molecule has 0 unspecified atom stereocenters. The molecule has 0 aliphatic carbocycles. The van der Waals surface area contributed by atoms with E-state index in [2.05, 4.69) is 24.3 Å². The first kappa shape index (κ1) is 18.9. The van der Waals surface area contributed by atoms with Gasteiger partial charge in [0.2, 0.25) is 0 Å². The lowest BCUT2D eigenvalue weighted by atomic mass is 10.2. The summed E-state index contributed by atoms with van der Waals surface area (Å²) in [6.45, 7) is 6.37. The second kappa shape index (κ2) is 9.74. The van der Waals surface area contributed by atoms with E-state index in [0.29, 0.717) is 25.6 Å². The number of carbonyl (C=O) groups excluding carboxylic acids is 1. The van der Waals surface area contributed by atoms with Crippen molar-refractivity contribution in [1.29, 1.82) is 0 Å². The van der Waals surface area contributed by atoms with Crippen molar-refractivity contribution in [1.82, 2.24) is 15.1 Å². The molecule has 1 heterocycles. The Morgan fingerprint density at radius 3 is 2.68 bits per heavy atom. The first-order valence-corrected chi connectivity index (χ1v) is 8.54. The van der Waals surface area contributed by atoms with E-state index in [1.165, 1.54) is 16.8 Å². The van der Waals surface area contributed by atoms with Crippen molar-refractivity contribution in [2.45, 2.75) is 26.8 Å². The first-order valence-electron chi connectivity index (χ1n) is 8.54. The zero-order valence-electron chi connectivity index (χ0n) is 14.8.